The van der Waals surface area contributed by atoms with Crippen molar-refractivity contribution in [2.24, 2.45) is 0 Å². The van der Waals surface area contributed by atoms with Gasteiger partial charge >= 0.3 is 0 Å². The van der Waals surface area contributed by atoms with Gasteiger partial charge in [0.2, 0.25) is 0 Å². The van der Waals surface area contributed by atoms with Gasteiger partial charge in [-0.15, -0.1) is 0 Å². The van der Waals surface area contributed by atoms with E-state index in [1.165, 1.54) is 22.3 Å². The van der Waals surface area contributed by atoms with Crippen LogP contribution in [0.3, 0.4) is 0 Å². The van der Waals surface area contributed by atoms with Gasteiger partial charge in [0, 0.05) is 17.7 Å². The Bertz CT molecular complexity index is 1470. The molecule has 3 aliphatic heterocycles. The molecule has 4 unspecified atom stereocenters. The monoisotopic (exact) mass is 511 g/mol. The molecule has 3 heterocycles. The largest absolute Gasteiger partial charge is 0.307 e. The molecule has 3 aliphatic rings. The Morgan fingerprint density at radius 3 is 1.67 bits per heavy atom. The van der Waals surface area contributed by atoms with E-state index in [9.17, 15) is 4.79 Å². The summed E-state index contributed by atoms with van der Waals surface area (Å²) in [5.74, 6) is 0.314. The van der Waals surface area contributed by atoms with Gasteiger partial charge in [-0.05, 0) is 54.4 Å². The van der Waals surface area contributed by atoms with E-state index in [4.69, 9.17) is 0 Å². The highest BCUT2D eigenvalue weighted by Crippen LogP contribution is 2.53. The minimum absolute atomic E-state index is 0.0306. The maximum absolute atomic E-state index is 13.6. The van der Waals surface area contributed by atoms with E-state index in [0.717, 1.165) is 17.5 Å². The molecule has 0 spiro atoms. The average Bonchev–Trinajstić information content (AvgIpc) is 3.42. The number of benzene rings is 4. The lowest BCUT2D eigenvalue weighted by Gasteiger charge is -2.40. The Balaban J connectivity index is 1.37. The Morgan fingerprint density at radius 1 is 0.615 bits per heavy atom. The van der Waals surface area contributed by atoms with Crippen LogP contribution in [0.2, 0.25) is 0 Å². The first-order valence-corrected chi connectivity index (χ1v) is 13.9. The molecule has 4 aromatic rings. The molecule has 4 aromatic carbocycles. The number of likely N-dealkylation sites (N-methyl/N-ethyl adjacent to an activating group) is 2. The predicted molar refractivity (Wildman–Crippen MR) is 155 cm³/mol. The van der Waals surface area contributed by atoms with E-state index in [2.05, 4.69) is 133 Å². The molecule has 4 atom stereocenters. The van der Waals surface area contributed by atoms with E-state index in [1.807, 2.05) is 17.0 Å². The first-order valence-electron chi connectivity index (χ1n) is 13.9. The van der Waals surface area contributed by atoms with Crippen molar-refractivity contribution in [2.75, 3.05) is 14.1 Å². The molecule has 1 fully saturated rings. The molecule has 39 heavy (non-hydrogen) atoms. The predicted octanol–water partition coefficient (Wildman–Crippen LogP) is 6.94. The second-order valence-electron chi connectivity index (χ2n) is 11.1. The second kappa shape index (κ2) is 9.64. The average molecular weight is 512 g/mol. The maximum atomic E-state index is 13.6. The van der Waals surface area contributed by atoms with Gasteiger partial charge in [-0.3, -0.25) is 14.6 Å². The number of amides is 1. The zero-order valence-electron chi connectivity index (χ0n) is 22.4. The van der Waals surface area contributed by atoms with E-state index in [0.29, 0.717) is 0 Å². The molecule has 0 N–H and O–H groups in total. The summed E-state index contributed by atoms with van der Waals surface area (Å²) in [4.78, 5) is 20.7. The third-order valence-electron chi connectivity index (χ3n) is 9.00. The van der Waals surface area contributed by atoms with Crippen LogP contribution in [-0.4, -0.2) is 40.9 Å². The topological polar surface area (TPSA) is 26.8 Å². The van der Waals surface area contributed by atoms with Crippen LogP contribution in [-0.2, 0) is 0 Å². The van der Waals surface area contributed by atoms with Crippen LogP contribution in [0.4, 0.5) is 0 Å². The Hall–Kier alpha value is -3.99. The molecule has 0 aliphatic carbocycles. The van der Waals surface area contributed by atoms with Crippen LogP contribution in [0.15, 0.2) is 127 Å². The highest BCUT2D eigenvalue weighted by Gasteiger charge is 2.50. The van der Waals surface area contributed by atoms with Crippen molar-refractivity contribution < 1.29 is 4.79 Å². The number of carbonyl (C=O) groups excluding carboxylic acids is 1. The fourth-order valence-electron chi connectivity index (χ4n) is 7.31. The van der Waals surface area contributed by atoms with Crippen molar-refractivity contribution in [3.8, 4) is 0 Å². The van der Waals surface area contributed by atoms with E-state index >= 15 is 0 Å². The third-order valence-corrected chi connectivity index (χ3v) is 9.00. The maximum Gasteiger partial charge on any atom is 0.258 e. The summed E-state index contributed by atoms with van der Waals surface area (Å²) in [7, 11) is 4.49. The molecule has 4 heteroatoms. The van der Waals surface area contributed by atoms with Gasteiger partial charge in [0.1, 0.15) is 0 Å². The van der Waals surface area contributed by atoms with Gasteiger partial charge in [-0.25, -0.2) is 0 Å². The van der Waals surface area contributed by atoms with Crippen molar-refractivity contribution in [1.82, 2.24) is 14.7 Å². The van der Waals surface area contributed by atoms with Crippen molar-refractivity contribution in [2.45, 2.75) is 36.6 Å². The number of rotatable bonds is 4. The lowest BCUT2D eigenvalue weighted by atomic mass is 9.80. The molecule has 194 valence electrons. The normalized spacial score (nSPS) is 26.8. The molecular formula is C35H33N3O. The van der Waals surface area contributed by atoms with Crippen molar-refractivity contribution in [1.29, 1.82) is 0 Å². The number of carbonyl (C=O) groups is 1. The minimum atomic E-state index is 0.0306. The molecule has 0 radical (unpaired) electrons. The number of hydrogen-bond donors (Lipinski definition) is 0. The summed E-state index contributed by atoms with van der Waals surface area (Å²) in [5, 5.41) is 0. The number of fused-ring (bicyclic) bond motifs is 3. The zero-order chi connectivity index (χ0) is 26.5. The van der Waals surface area contributed by atoms with Crippen LogP contribution in [0, 0.1) is 0 Å². The second-order valence-corrected chi connectivity index (χ2v) is 11.1. The third kappa shape index (κ3) is 3.86. The number of hydrogen-bond acceptors (Lipinski definition) is 3. The minimum Gasteiger partial charge on any atom is -0.307 e. The van der Waals surface area contributed by atoms with Gasteiger partial charge in [-0.1, -0.05) is 109 Å². The Kier molecular flexibility index (Phi) is 5.95. The zero-order valence-corrected chi connectivity index (χ0v) is 22.4. The van der Waals surface area contributed by atoms with Gasteiger partial charge in [-0.2, -0.15) is 0 Å². The molecule has 1 amide bonds. The van der Waals surface area contributed by atoms with E-state index < -0.39 is 0 Å². The molecule has 0 aromatic heterocycles. The van der Waals surface area contributed by atoms with Crippen LogP contribution in [0.1, 0.15) is 63.1 Å². The summed E-state index contributed by atoms with van der Waals surface area (Å²) in [6.07, 6.45) is 3.10. The number of nitrogens with zero attached hydrogens (tertiary/aromatic N) is 3. The van der Waals surface area contributed by atoms with Gasteiger partial charge in [0.25, 0.3) is 5.91 Å². The van der Waals surface area contributed by atoms with E-state index in [1.54, 1.807) is 0 Å². The summed E-state index contributed by atoms with van der Waals surface area (Å²) in [5.41, 5.74) is 7.18. The van der Waals surface area contributed by atoms with Crippen molar-refractivity contribution >= 4 is 5.91 Å². The lowest BCUT2D eigenvalue weighted by Crippen LogP contribution is -2.42. The standard InChI is InChI=1S/C35H33N3O/c1-36-32(25-16-8-4-9-17-25)33(26-18-10-5-11-19-26)37(2)34(36)30-23-38-31(22-29(30)24-14-6-3-7-15-24)27-20-12-13-21-28(27)35(38)39/h3-21,23,29,31-34H,22H2,1-2H3. The summed E-state index contributed by atoms with van der Waals surface area (Å²) in [6, 6.07) is 41.1. The first kappa shape index (κ1) is 24.1. The quantitative estimate of drug-likeness (QED) is 0.297. The molecular weight excluding hydrogens is 478 g/mol. The fourth-order valence-corrected chi connectivity index (χ4v) is 7.31. The molecule has 7 rings (SSSR count). The Labute approximate surface area is 230 Å². The summed E-state index contributed by atoms with van der Waals surface area (Å²) >= 11 is 0. The van der Waals surface area contributed by atoms with Crippen LogP contribution >= 0.6 is 0 Å². The molecule has 1 saturated heterocycles. The van der Waals surface area contributed by atoms with Gasteiger partial charge in [0.15, 0.2) is 0 Å². The smallest absolute Gasteiger partial charge is 0.258 e. The lowest BCUT2D eigenvalue weighted by molar-refractivity contribution is 0.0772. The molecule has 0 bridgehead atoms. The molecule has 4 nitrogen and oxygen atoms in total. The summed E-state index contributed by atoms with van der Waals surface area (Å²) in [6.45, 7) is 0. The SMILES string of the molecule is CN1C(c2ccccc2)C(c2ccccc2)N(C)C1C1=CN2C(=O)c3ccccc3C2CC1c1ccccc1. The van der Waals surface area contributed by atoms with Crippen molar-refractivity contribution in [3.63, 3.8) is 0 Å². The van der Waals surface area contributed by atoms with Gasteiger partial charge < -0.3 is 4.90 Å². The Morgan fingerprint density at radius 2 is 1.10 bits per heavy atom. The highest BCUT2D eigenvalue weighted by atomic mass is 16.2. The van der Waals surface area contributed by atoms with Gasteiger partial charge in [0.05, 0.1) is 24.3 Å². The van der Waals surface area contributed by atoms with E-state index in [-0.39, 0.29) is 36.1 Å². The summed E-state index contributed by atoms with van der Waals surface area (Å²) < 4.78 is 0. The van der Waals surface area contributed by atoms with Crippen LogP contribution in [0.5, 0.6) is 0 Å². The molecule has 0 saturated carbocycles. The van der Waals surface area contributed by atoms with Crippen LogP contribution in [0.25, 0.3) is 0 Å². The van der Waals surface area contributed by atoms with Crippen molar-refractivity contribution in [3.05, 3.63) is 155 Å². The first-order chi connectivity index (χ1) is 19.1. The fraction of sp³-hybridized carbons (Fsp3) is 0.229. The van der Waals surface area contributed by atoms with Crippen LogP contribution < -0.4 is 0 Å². The highest BCUT2D eigenvalue weighted by molar-refractivity contribution is 6.00.